The minimum Gasteiger partial charge on any atom is -0.492 e. The second-order valence-corrected chi connectivity index (χ2v) is 5.39. The van der Waals surface area contributed by atoms with Gasteiger partial charge in [-0.1, -0.05) is 0 Å². The topological polar surface area (TPSA) is 73.6 Å². The Morgan fingerprint density at radius 1 is 1.38 bits per heavy atom. The summed E-state index contributed by atoms with van der Waals surface area (Å²) in [6, 6.07) is 7.32. The van der Waals surface area contributed by atoms with E-state index in [0.29, 0.717) is 25.7 Å². The zero-order valence-corrected chi connectivity index (χ0v) is 12.5. The average molecular weight is 292 g/mol. The Hall–Kier alpha value is -1.59. The highest BCUT2D eigenvalue weighted by Gasteiger charge is 2.22. The molecule has 0 radical (unpaired) electrons. The number of carbonyl (C=O) groups excluding carboxylic acids is 1. The van der Waals surface area contributed by atoms with E-state index in [9.17, 15) is 4.79 Å². The summed E-state index contributed by atoms with van der Waals surface area (Å²) in [4.78, 5) is 11.9. The lowest BCUT2D eigenvalue weighted by molar-refractivity contribution is -0.116. The third kappa shape index (κ3) is 5.36. The van der Waals surface area contributed by atoms with Crippen molar-refractivity contribution in [3.05, 3.63) is 24.3 Å². The van der Waals surface area contributed by atoms with E-state index in [4.69, 9.17) is 15.2 Å². The molecule has 0 bridgehead atoms. The van der Waals surface area contributed by atoms with Gasteiger partial charge in [0.2, 0.25) is 5.91 Å². The van der Waals surface area contributed by atoms with Crippen LogP contribution in [0, 0.1) is 0 Å². The summed E-state index contributed by atoms with van der Waals surface area (Å²) in [5.74, 6) is 0.778. The molecule has 2 atom stereocenters. The first kappa shape index (κ1) is 15.8. The van der Waals surface area contributed by atoms with Crippen LogP contribution < -0.4 is 15.8 Å². The summed E-state index contributed by atoms with van der Waals surface area (Å²) in [5, 5.41) is 2.89. The molecule has 1 aliphatic heterocycles. The molecule has 1 aromatic rings. The highest BCUT2D eigenvalue weighted by molar-refractivity contribution is 5.90. The van der Waals surface area contributed by atoms with Gasteiger partial charge in [-0.25, -0.2) is 0 Å². The van der Waals surface area contributed by atoms with Crippen LogP contribution in [0.4, 0.5) is 5.69 Å². The van der Waals surface area contributed by atoms with Gasteiger partial charge in [0.25, 0.3) is 0 Å². The maximum absolute atomic E-state index is 11.9. The van der Waals surface area contributed by atoms with Gasteiger partial charge in [0, 0.05) is 18.7 Å². The van der Waals surface area contributed by atoms with E-state index in [1.54, 1.807) is 0 Å². The predicted octanol–water partition coefficient (Wildman–Crippen LogP) is 2.31. The van der Waals surface area contributed by atoms with Crippen molar-refractivity contribution in [3.63, 3.8) is 0 Å². The minimum absolute atomic E-state index is 0.0220. The van der Waals surface area contributed by atoms with Gasteiger partial charge >= 0.3 is 0 Å². The van der Waals surface area contributed by atoms with E-state index in [1.807, 2.05) is 24.3 Å². The summed E-state index contributed by atoms with van der Waals surface area (Å²) >= 11 is 0. The van der Waals surface area contributed by atoms with Gasteiger partial charge in [0.05, 0.1) is 12.2 Å². The van der Waals surface area contributed by atoms with Crippen molar-refractivity contribution in [3.8, 4) is 5.75 Å². The highest BCUT2D eigenvalue weighted by atomic mass is 16.5. The number of rotatable bonds is 7. The zero-order valence-electron chi connectivity index (χ0n) is 12.5. The number of amides is 1. The van der Waals surface area contributed by atoms with E-state index in [0.717, 1.165) is 30.7 Å². The number of nitrogens with one attached hydrogen (secondary N) is 1. The maximum atomic E-state index is 11.9. The predicted molar refractivity (Wildman–Crippen MR) is 82.4 cm³/mol. The number of nitrogens with two attached hydrogens (primary N) is 1. The lowest BCUT2D eigenvalue weighted by Gasteiger charge is -2.11. The van der Waals surface area contributed by atoms with E-state index in [-0.39, 0.29) is 12.0 Å². The first-order valence-corrected chi connectivity index (χ1v) is 7.55. The van der Waals surface area contributed by atoms with Crippen LogP contribution in [0.3, 0.4) is 0 Å². The molecule has 5 nitrogen and oxygen atoms in total. The van der Waals surface area contributed by atoms with Crippen molar-refractivity contribution >= 4 is 11.6 Å². The molecule has 5 heteroatoms. The van der Waals surface area contributed by atoms with Crippen molar-refractivity contribution < 1.29 is 14.3 Å². The van der Waals surface area contributed by atoms with Gasteiger partial charge < -0.3 is 20.5 Å². The zero-order chi connectivity index (χ0) is 15.1. The van der Waals surface area contributed by atoms with Crippen molar-refractivity contribution in [2.24, 2.45) is 5.73 Å². The van der Waals surface area contributed by atoms with Gasteiger partial charge in [0.1, 0.15) is 12.4 Å². The number of carbonyl (C=O) groups is 1. The number of ether oxygens (including phenoxy) is 2. The smallest absolute Gasteiger partial charge is 0.224 e. The first-order chi connectivity index (χ1) is 10.2. The van der Waals surface area contributed by atoms with E-state index >= 15 is 0 Å². The second-order valence-electron chi connectivity index (χ2n) is 5.39. The molecule has 0 saturated carbocycles. The average Bonchev–Trinajstić information content (AvgIpc) is 2.90. The van der Waals surface area contributed by atoms with Crippen LogP contribution in [0.25, 0.3) is 0 Å². The Morgan fingerprint density at radius 3 is 2.76 bits per heavy atom. The van der Waals surface area contributed by atoms with Gasteiger partial charge in [-0.15, -0.1) is 0 Å². The number of hydrogen-bond acceptors (Lipinski definition) is 4. The molecular weight excluding hydrogens is 268 g/mol. The molecule has 2 unspecified atom stereocenters. The molecule has 1 aliphatic rings. The molecule has 0 aliphatic carbocycles. The molecule has 1 amide bonds. The normalized spacial score (nSPS) is 21.2. The number of anilines is 1. The Kier molecular flexibility index (Phi) is 6.02. The molecule has 1 fully saturated rings. The van der Waals surface area contributed by atoms with Crippen LogP contribution in [0.1, 0.15) is 32.6 Å². The fraction of sp³-hybridized carbons (Fsp3) is 0.562. The van der Waals surface area contributed by atoms with Gasteiger partial charge in [-0.05, 0) is 50.5 Å². The highest BCUT2D eigenvalue weighted by Crippen LogP contribution is 2.23. The monoisotopic (exact) mass is 292 g/mol. The molecule has 1 heterocycles. The van der Waals surface area contributed by atoms with Crippen molar-refractivity contribution in [2.75, 3.05) is 18.5 Å². The first-order valence-electron chi connectivity index (χ1n) is 7.55. The Bertz CT molecular complexity index is 447. The molecule has 1 aromatic carbocycles. The van der Waals surface area contributed by atoms with Crippen LogP contribution in [0.15, 0.2) is 24.3 Å². The largest absolute Gasteiger partial charge is 0.492 e. The SMILES string of the molecule is CC1CCC(CCC(=O)Nc2ccc(OCCN)cc2)O1. The van der Waals surface area contributed by atoms with E-state index < -0.39 is 0 Å². The van der Waals surface area contributed by atoms with Crippen molar-refractivity contribution in [1.82, 2.24) is 0 Å². The van der Waals surface area contributed by atoms with Crippen LogP contribution >= 0.6 is 0 Å². The van der Waals surface area contributed by atoms with Gasteiger partial charge in [0.15, 0.2) is 0 Å². The van der Waals surface area contributed by atoms with Gasteiger partial charge in [-0.2, -0.15) is 0 Å². The van der Waals surface area contributed by atoms with Crippen molar-refractivity contribution in [1.29, 1.82) is 0 Å². The number of hydrogen-bond donors (Lipinski definition) is 2. The van der Waals surface area contributed by atoms with Crippen LogP contribution in [-0.2, 0) is 9.53 Å². The maximum Gasteiger partial charge on any atom is 0.224 e. The summed E-state index contributed by atoms with van der Waals surface area (Å²) in [5.41, 5.74) is 6.15. The second kappa shape index (κ2) is 8.00. The third-order valence-corrected chi connectivity index (χ3v) is 3.54. The van der Waals surface area contributed by atoms with Gasteiger partial charge in [-0.3, -0.25) is 4.79 Å². The minimum atomic E-state index is 0.0220. The Balaban J connectivity index is 1.72. The summed E-state index contributed by atoms with van der Waals surface area (Å²) in [6.45, 7) is 3.06. The molecule has 0 spiro atoms. The summed E-state index contributed by atoms with van der Waals surface area (Å²) in [7, 11) is 0. The summed E-state index contributed by atoms with van der Waals surface area (Å²) in [6.07, 6.45) is 3.99. The molecule has 0 aromatic heterocycles. The van der Waals surface area contributed by atoms with Crippen LogP contribution in [0.2, 0.25) is 0 Å². The Labute approximate surface area is 125 Å². The van der Waals surface area contributed by atoms with E-state index in [2.05, 4.69) is 12.2 Å². The lowest BCUT2D eigenvalue weighted by atomic mass is 10.1. The molecule has 21 heavy (non-hydrogen) atoms. The fourth-order valence-corrected chi connectivity index (χ4v) is 2.42. The molecular formula is C16H24N2O3. The standard InChI is InChI=1S/C16H24N2O3/c1-12-2-5-15(21-12)8-9-16(19)18-13-3-6-14(7-4-13)20-11-10-17/h3-4,6-7,12,15H,2,5,8-11,17H2,1H3,(H,18,19). The molecule has 1 saturated heterocycles. The molecule has 2 rings (SSSR count). The van der Waals surface area contributed by atoms with Crippen LogP contribution in [-0.4, -0.2) is 31.3 Å². The quantitative estimate of drug-likeness (QED) is 0.809. The lowest BCUT2D eigenvalue weighted by Crippen LogP contribution is -2.16. The fourth-order valence-electron chi connectivity index (χ4n) is 2.42. The third-order valence-electron chi connectivity index (χ3n) is 3.54. The van der Waals surface area contributed by atoms with Crippen LogP contribution in [0.5, 0.6) is 5.75 Å². The molecule has 3 N–H and O–H groups in total. The number of benzene rings is 1. The van der Waals surface area contributed by atoms with Crippen molar-refractivity contribution in [2.45, 2.75) is 44.8 Å². The molecule has 116 valence electrons. The summed E-state index contributed by atoms with van der Waals surface area (Å²) < 4.78 is 11.1. The van der Waals surface area contributed by atoms with E-state index in [1.165, 1.54) is 0 Å². The Morgan fingerprint density at radius 2 is 2.14 bits per heavy atom.